The Kier molecular flexibility index (Phi) is 3.26. The SMILES string of the molecule is COc1cc(C)c(C2(CO)COC2)c(OC)c1. The molecule has 17 heavy (non-hydrogen) atoms. The van der Waals surface area contributed by atoms with E-state index in [0.29, 0.717) is 13.2 Å². The molecule has 4 nitrogen and oxygen atoms in total. The first-order valence-corrected chi connectivity index (χ1v) is 5.58. The number of aliphatic hydroxyl groups excluding tert-OH is 1. The van der Waals surface area contributed by atoms with Crippen LogP contribution in [0.1, 0.15) is 11.1 Å². The maximum atomic E-state index is 9.59. The lowest BCUT2D eigenvalue weighted by Gasteiger charge is -2.41. The van der Waals surface area contributed by atoms with Gasteiger partial charge in [0.2, 0.25) is 0 Å². The minimum atomic E-state index is -0.318. The van der Waals surface area contributed by atoms with E-state index in [4.69, 9.17) is 14.2 Å². The fraction of sp³-hybridized carbons (Fsp3) is 0.538. The average Bonchev–Trinajstić information content (AvgIpc) is 2.29. The molecule has 0 aliphatic carbocycles. The topological polar surface area (TPSA) is 47.9 Å². The van der Waals surface area contributed by atoms with Crippen molar-refractivity contribution in [3.63, 3.8) is 0 Å². The molecule has 1 aromatic rings. The van der Waals surface area contributed by atoms with Gasteiger partial charge in [-0.2, -0.15) is 0 Å². The summed E-state index contributed by atoms with van der Waals surface area (Å²) >= 11 is 0. The summed E-state index contributed by atoms with van der Waals surface area (Å²) in [7, 11) is 3.25. The minimum Gasteiger partial charge on any atom is -0.497 e. The smallest absolute Gasteiger partial charge is 0.126 e. The van der Waals surface area contributed by atoms with Crippen LogP contribution >= 0.6 is 0 Å². The van der Waals surface area contributed by atoms with Crippen molar-refractivity contribution in [3.05, 3.63) is 23.3 Å². The van der Waals surface area contributed by atoms with Gasteiger partial charge in [0.1, 0.15) is 11.5 Å². The molecule has 0 radical (unpaired) electrons. The third-order valence-corrected chi connectivity index (χ3v) is 3.32. The van der Waals surface area contributed by atoms with Gasteiger partial charge >= 0.3 is 0 Å². The summed E-state index contributed by atoms with van der Waals surface area (Å²) in [5.41, 5.74) is 1.76. The van der Waals surface area contributed by atoms with Crippen molar-refractivity contribution in [2.24, 2.45) is 0 Å². The van der Waals surface area contributed by atoms with Gasteiger partial charge in [-0.15, -0.1) is 0 Å². The van der Waals surface area contributed by atoms with Gasteiger partial charge in [-0.05, 0) is 18.6 Å². The van der Waals surface area contributed by atoms with E-state index < -0.39 is 0 Å². The Morgan fingerprint density at radius 3 is 2.41 bits per heavy atom. The van der Waals surface area contributed by atoms with Crippen molar-refractivity contribution in [1.82, 2.24) is 0 Å². The third kappa shape index (κ3) is 1.87. The van der Waals surface area contributed by atoms with Crippen LogP contribution in [0.3, 0.4) is 0 Å². The lowest BCUT2D eigenvalue weighted by Crippen LogP contribution is -2.50. The average molecular weight is 238 g/mol. The molecule has 0 amide bonds. The highest BCUT2D eigenvalue weighted by Gasteiger charge is 2.43. The van der Waals surface area contributed by atoms with Crippen molar-refractivity contribution in [2.75, 3.05) is 34.0 Å². The Morgan fingerprint density at radius 1 is 1.29 bits per heavy atom. The summed E-state index contributed by atoms with van der Waals surface area (Å²) in [5.74, 6) is 1.51. The van der Waals surface area contributed by atoms with Gasteiger partial charge in [0.05, 0.1) is 39.5 Å². The van der Waals surface area contributed by atoms with E-state index in [2.05, 4.69) is 0 Å². The Hall–Kier alpha value is -1.26. The molecule has 1 fully saturated rings. The standard InChI is InChI=1S/C13H18O4/c1-9-4-10(15-2)5-11(16-3)12(9)13(6-14)7-17-8-13/h4-5,14H,6-8H2,1-3H3. The van der Waals surface area contributed by atoms with E-state index >= 15 is 0 Å². The Balaban J connectivity index is 2.52. The van der Waals surface area contributed by atoms with E-state index in [1.807, 2.05) is 19.1 Å². The van der Waals surface area contributed by atoms with Crippen LogP contribution in [0.15, 0.2) is 12.1 Å². The largest absolute Gasteiger partial charge is 0.497 e. The normalized spacial score (nSPS) is 17.4. The molecule has 0 atom stereocenters. The van der Waals surface area contributed by atoms with Gasteiger partial charge in [0.25, 0.3) is 0 Å². The quantitative estimate of drug-likeness (QED) is 0.858. The summed E-state index contributed by atoms with van der Waals surface area (Å²) in [6, 6.07) is 3.80. The van der Waals surface area contributed by atoms with Crippen molar-refractivity contribution in [3.8, 4) is 11.5 Å². The molecule has 1 saturated heterocycles. The molecule has 0 saturated carbocycles. The lowest BCUT2D eigenvalue weighted by molar-refractivity contribution is -0.0853. The van der Waals surface area contributed by atoms with Crippen LogP contribution in [0.4, 0.5) is 0 Å². The predicted octanol–water partition coefficient (Wildman–Crippen LogP) is 1.27. The zero-order valence-corrected chi connectivity index (χ0v) is 10.4. The van der Waals surface area contributed by atoms with Crippen LogP contribution in [-0.4, -0.2) is 39.1 Å². The van der Waals surface area contributed by atoms with Gasteiger partial charge in [-0.3, -0.25) is 0 Å². The monoisotopic (exact) mass is 238 g/mol. The third-order valence-electron chi connectivity index (χ3n) is 3.32. The van der Waals surface area contributed by atoms with Crippen LogP contribution in [-0.2, 0) is 10.2 Å². The van der Waals surface area contributed by atoms with E-state index in [9.17, 15) is 5.11 Å². The Bertz CT molecular complexity index is 405. The molecule has 0 unspecified atom stereocenters. The van der Waals surface area contributed by atoms with Crippen molar-refractivity contribution in [2.45, 2.75) is 12.3 Å². The fourth-order valence-electron chi connectivity index (χ4n) is 2.34. The number of methoxy groups -OCH3 is 2. The van der Waals surface area contributed by atoms with Gasteiger partial charge in [-0.1, -0.05) is 0 Å². The van der Waals surface area contributed by atoms with E-state index in [1.54, 1.807) is 14.2 Å². The minimum absolute atomic E-state index is 0.0660. The number of ether oxygens (including phenoxy) is 3. The van der Waals surface area contributed by atoms with Crippen LogP contribution in [0.25, 0.3) is 0 Å². The number of benzene rings is 1. The molecule has 1 aliphatic rings. The van der Waals surface area contributed by atoms with Gasteiger partial charge in [0.15, 0.2) is 0 Å². The van der Waals surface area contributed by atoms with E-state index in [-0.39, 0.29) is 12.0 Å². The summed E-state index contributed by atoms with van der Waals surface area (Å²) in [5, 5.41) is 9.59. The summed E-state index contributed by atoms with van der Waals surface area (Å²) in [6.07, 6.45) is 0. The zero-order chi connectivity index (χ0) is 12.5. The molecule has 94 valence electrons. The highest BCUT2D eigenvalue weighted by molar-refractivity contribution is 5.51. The molecule has 1 aliphatic heterocycles. The second kappa shape index (κ2) is 4.55. The number of aliphatic hydroxyl groups is 1. The predicted molar refractivity (Wildman–Crippen MR) is 63.9 cm³/mol. The highest BCUT2D eigenvalue weighted by Crippen LogP contribution is 2.41. The maximum absolute atomic E-state index is 9.59. The van der Waals surface area contributed by atoms with Gasteiger partial charge in [0, 0.05) is 11.6 Å². The van der Waals surface area contributed by atoms with Crippen LogP contribution < -0.4 is 9.47 Å². The molecule has 2 rings (SSSR count). The molecule has 1 heterocycles. The summed E-state index contributed by atoms with van der Waals surface area (Å²) in [6.45, 7) is 3.13. The number of hydrogen-bond acceptors (Lipinski definition) is 4. The van der Waals surface area contributed by atoms with Crippen LogP contribution in [0.5, 0.6) is 11.5 Å². The summed E-state index contributed by atoms with van der Waals surface area (Å²) in [4.78, 5) is 0. The molecule has 1 N–H and O–H groups in total. The maximum Gasteiger partial charge on any atom is 0.126 e. The van der Waals surface area contributed by atoms with Crippen molar-refractivity contribution < 1.29 is 19.3 Å². The molecule has 0 bridgehead atoms. The fourth-order valence-corrected chi connectivity index (χ4v) is 2.34. The number of aryl methyl sites for hydroxylation is 1. The molecular formula is C13H18O4. The molecule has 1 aromatic carbocycles. The molecule has 4 heteroatoms. The zero-order valence-electron chi connectivity index (χ0n) is 10.4. The number of hydrogen-bond donors (Lipinski definition) is 1. The summed E-state index contributed by atoms with van der Waals surface area (Å²) < 4.78 is 15.9. The lowest BCUT2D eigenvalue weighted by atomic mass is 9.76. The first-order valence-electron chi connectivity index (χ1n) is 5.58. The van der Waals surface area contributed by atoms with Crippen molar-refractivity contribution >= 4 is 0 Å². The molecular weight excluding hydrogens is 220 g/mol. The van der Waals surface area contributed by atoms with Gasteiger partial charge in [-0.25, -0.2) is 0 Å². The second-order valence-corrected chi connectivity index (χ2v) is 4.45. The highest BCUT2D eigenvalue weighted by atomic mass is 16.5. The van der Waals surface area contributed by atoms with Crippen molar-refractivity contribution in [1.29, 1.82) is 0 Å². The molecule has 0 spiro atoms. The Labute approximate surface area is 101 Å². The van der Waals surface area contributed by atoms with E-state index in [0.717, 1.165) is 22.6 Å². The number of rotatable bonds is 4. The Morgan fingerprint density at radius 2 is 2.00 bits per heavy atom. The first-order chi connectivity index (χ1) is 8.16. The second-order valence-electron chi connectivity index (χ2n) is 4.45. The van der Waals surface area contributed by atoms with E-state index in [1.165, 1.54) is 0 Å². The molecule has 0 aromatic heterocycles. The van der Waals surface area contributed by atoms with Gasteiger partial charge < -0.3 is 19.3 Å². The van der Waals surface area contributed by atoms with Crippen LogP contribution in [0, 0.1) is 6.92 Å². The van der Waals surface area contributed by atoms with Crippen LogP contribution in [0.2, 0.25) is 0 Å². The first kappa shape index (κ1) is 12.2.